The third-order valence-corrected chi connectivity index (χ3v) is 2.85. The molecular weight excluding hydrogens is 287 g/mol. The van der Waals surface area contributed by atoms with E-state index in [0.29, 0.717) is 16.5 Å². The van der Waals surface area contributed by atoms with Gasteiger partial charge in [-0.05, 0) is 18.2 Å². The van der Waals surface area contributed by atoms with Gasteiger partial charge in [-0.3, -0.25) is 0 Å². The van der Waals surface area contributed by atoms with Crippen molar-refractivity contribution in [2.45, 2.75) is 0 Å². The minimum Gasteiger partial charge on any atom is -0.495 e. The monoisotopic (exact) mass is 296 g/mol. The van der Waals surface area contributed by atoms with Crippen molar-refractivity contribution in [1.29, 1.82) is 0 Å². The van der Waals surface area contributed by atoms with Gasteiger partial charge in [0.1, 0.15) is 11.3 Å². The van der Waals surface area contributed by atoms with E-state index in [1.54, 1.807) is 18.2 Å². The van der Waals surface area contributed by atoms with Gasteiger partial charge in [-0.2, -0.15) is 0 Å². The van der Waals surface area contributed by atoms with Crippen molar-refractivity contribution in [1.82, 2.24) is 4.98 Å². The summed E-state index contributed by atoms with van der Waals surface area (Å²) in [5.74, 6) is -2.07. The van der Waals surface area contributed by atoms with E-state index in [1.807, 2.05) is 0 Å². The fourth-order valence-corrected chi connectivity index (χ4v) is 1.77. The summed E-state index contributed by atoms with van der Waals surface area (Å²) in [5, 5.41) is 11.9. The summed E-state index contributed by atoms with van der Waals surface area (Å²) in [7, 11) is 1.45. The lowest BCUT2D eigenvalue weighted by Gasteiger charge is -2.10. The lowest BCUT2D eigenvalue weighted by molar-refractivity contribution is 0.0692. The van der Waals surface area contributed by atoms with E-state index < -0.39 is 17.3 Å². The predicted octanol–water partition coefficient (Wildman–Crippen LogP) is 3.32. The van der Waals surface area contributed by atoms with E-state index in [-0.39, 0.29) is 5.82 Å². The fourth-order valence-electron chi connectivity index (χ4n) is 1.57. The Morgan fingerprint density at radius 1 is 1.45 bits per heavy atom. The lowest BCUT2D eigenvalue weighted by atomic mass is 10.2. The number of carboxylic acids is 1. The first-order valence-corrected chi connectivity index (χ1v) is 5.89. The highest BCUT2D eigenvalue weighted by Gasteiger charge is 2.15. The highest BCUT2D eigenvalue weighted by atomic mass is 35.5. The normalized spacial score (nSPS) is 10.2. The molecule has 0 amide bonds. The molecule has 0 saturated carbocycles. The van der Waals surface area contributed by atoms with Crippen LogP contribution in [0.4, 0.5) is 15.9 Å². The number of anilines is 2. The van der Waals surface area contributed by atoms with E-state index in [1.165, 1.54) is 13.3 Å². The maximum Gasteiger partial charge on any atom is 0.338 e. The van der Waals surface area contributed by atoms with Crippen LogP contribution in [0.25, 0.3) is 0 Å². The van der Waals surface area contributed by atoms with Crippen molar-refractivity contribution in [3.63, 3.8) is 0 Å². The van der Waals surface area contributed by atoms with Crippen LogP contribution in [-0.4, -0.2) is 23.2 Å². The number of carbonyl (C=O) groups is 1. The second kappa shape index (κ2) is 5.75. The molecule has 0 aliphatic heterocycles. The van der Waals surface area contributed by atoms with E-state index in [4.69, 9.17) is 21.4 Å². The molecule has 0 atom stereocenters. The van der Waals surface area contributed by atoms with Crippen molar-refractivity contribution >= 4 is 29.1 Å². The van der Waals surface area contributed by atoms with Gasteiger partial charge in [-0.15, -0.1) is 0 Å². The van der Waals surface area contributed by atoms with Crippen LogP contribution in [0.1, 0.15) is 10.4 Å². The van der Waals surface area contributed by atoms with Crippen LogP contribution in [0.2, 0.25) is 5.02 Å². The Morgan fingerprint density at radius 2 is 2.20 bits per heavy atom. The quantitative estimate of drug-likeness (QED) is 0.905. The molecular formula is C13H10ClFN2O3. The second-order valence-electron chi connectivity index (χ2n) is 3.80. The van der Waals surface area contributed by atoms with E-state index >= 15 is 0 Å². The number of carboxylic acid groups (broad SMARTS) is 1. The van der Waals surface area contributed by atoms with Crippen molar-refractivity contribution < 1.29 is 19.0 Å². The molecule has 0 unspecified atom stereocenters. The number of halogens is 2. The molecule has 2 aromatic rings. The number of rotatable bonds is 4. The van der Waals surface area contributed by atoms with Crippen molar-refractivity contribution in [2.24, 2.45) is 0 Å². The molecule has 7 heteroatoms. The number of hydrogen-bond donors (Lipinski definition) is 2. The zero-order valence-corrected chi connectivity index (χ0v) is 11.1. The van der Waals surface area contributed by atoms with Crippen molar-refractivity contribution in [2.75, 3.05) is 12.4 Å². The summed E-state index contributed by atoms with van der Waals surface area (Å²) in [5.41, 5.74) is 0.0172. The lowest BCUT2D eigenvalue weighted by Crippen LogP contribution is -2.05. The Kier molecular flexibility index (Phi) is 4.05. The number of aromatic nitrogens is 1. The van der Waals surface area contributed by atoms with Gasteiger partial charge in [-0.1, -0.05) is 11.6 Å². The zero-order valence-electron chi connectivity index (χ0n) is 10.4. The van der Waals surface area contributed by atoms with E-state index in [0.717, 1.165) is 6.07 Å². The molecule has 2 N–H and O–H groups in total. The van der Waals surface area contributed by atoms with Gasteiger partial charge >= 0.3 is 5.97 Å². The Morgan fingerprint density at radius 3 is 2.85 bits per heavy atom. The van der Waals surface area contributed by atoms with Gasteiger partial charge in [0, 0.05) is 18.0 Å². The first-order valence-electron chi connectivity index (χ1n) is 5.51. The van der Waals surface area contributed by atoms with Gasteiger partial charge in [0.15, 0.2) is 11.6 Å². The van der Waals surface area contributed by atoms with Gasteiger partial charge in [0.05, 0.1) is 12.1 Å². The number of aromatic carboxylic acids is 1. The summed E-state index contributed by atoms with van der Waals surface area (Å²) in [6.07, 6.45) is 1.21. The average Bonchev–Trinajstić information content (AvgIpc) is 2.42. The van der Waals surface area contributed by atoms with Gasteiger partial charge < -0.3 is 15.2 Å². The number of benzene rings is 1. The number of methoxy groups -OCH3 is 1. The SMILES string of the molecule is COc1cc(Nc2nccc(C(=O)O)c2F)ccc1Cl. The van der Waals surface area contributed by atoms with Crippen LogP contribution in [0.3, 0.4) is 0 Å². The molecule has 0 aliphatic rings. The zero-order chi connectivity index (χ0) is 14.7. The number of pyridine rings is 1. The fraction of sp³-hybridized carbons (Fsp3) is 0.0769. The number of ether oxygens (including phenoxy) is 1. The highest BCUT2D eigenvalue weighted by molar-refractivity contribution is 6.32. The molecule has 0 bridgehead atoms. The number of hydrogen-bond acceptors (Lipinski definition) is 4. The largest absolute Gasteiger partial charge is 0.495 e. The molecule has 0 fully saturated rings. The Labute approximate surface area is 119 Å². The standard InChI is InChI=1S/C13H10ClFN2O3/c1-20-10-6-7(2-3-9(10)14)17-12-11(15)8(13(18)19)4-5-16-12/h2-6H,1H3,(H,16,17)(H,18,19). The summed E-state index contributed by atoms with van der Waals surface area (Å²) in [4.78, 5) is 14.6. The first kappa shape index (κ1) is 14.1. The molecule has 0 saturated heterocycles. The topological polar surface area (TPSA) is 71.5 Å². The average molecular weight is 297 g/mol. The van der Waals surface area contributed by atoms with Crippen LogP contribution >= 0.6 is 11.6 Å². The maximum atomic E-state index is 13.9. The molecule has 2 rings (SSSR count). The van der Waals surface area contributed by atoms with Crippen LogP contribution in [0, 0.1) is 5.82 Å². The minimum atomic E-state index is -1.36. The Bertz CT molecular complexity index is 664. The molecule has 0 radical (unpaired) electrons. The van der Waals surface area contributed by atoms with Crippen LogP contribution in [-0.2, 0) is 0 Å². The Balaban J connectivity index is 2.35. The molecule has 1 aromatic carbocycles. The third kappa shape index (κ3) is 2.80. The van der Waals surface area contributed by atoms with Crippen molar-refractivity contribution in [3.05, 3.63) is 46.9 Å². The van der Waals surface area contributed by atoms with E-state index in [2.05, 4.69) is 10.3 Å². The second-order valence-corrected chi connectivity index (χ2v) is 4.21. The minimum absolute atomic E-state index is 0.186. The van der Waals surface area contributed by atoms with Crippen LogP contribution < -0.4 is 10.1 Å². The molecule has 1 aromatic heterocycles. The summed E-state index contributed by atoms with van der Waals surface area (Å²) < 4.78 is 18.9. The van der Waals surface area contributed by atoms with Crippen LogP contribution in [0.15, 0.2) is 30.5 Å². The summed E-state index contributed by atoms with van der Waals surface area (Å²) in [6, 6.07) is 5.81. The molecule has 0 aliphatic carbocycles. The maximum absolute atomic E-state index is 13.9. The smallest absolute Gasteiger partial charge is 0.338 e. The van der Waals surface area contributed by atoms with Gasteiger partial charge in [-0.25, -0.2) is 14.2 Å². The van der Waals surface area contributed by atoms with Crippen molar-refractivity contribution in [3.8, 4) is 5.75 Å². The third-order valence-electron chi connectivity index (χ3n) is 2.53. The predicted molar refractivity (Wildman–Crippen MR) is 72.4 cm³/mol. The summed E-state index contributed by atoms with van der Waals surface area (Å²) >= 11 is 5.88. The van der Waals surface area contributed by atoms with Crippen LogP contribution in [0.5, 0.6) is 5.75 Å². The molecule has 20 heavy (non-hydrogen) atoms. The van der Waals surface area contributed by atoms with Gasteiger partial charge in [0.25, 0.3) is 0 Å². The summed E-state index contributed by atoms with van der Waals surface area (Å²) in [6.45, 7) is 0. The number of nitrogens with zero attached hydrogens (tertiary/aromatic N) is 1. The number of nitrogens with one attached hydrogen (secondary N) is 1. The molecule has 5 nitrogen and oxygen atoms in total. The first-order chi connectivity index (χ1) is 9.52. The molecule has 0 spiro atoms. The highest BCUT2D eigenvalue weighted by Crippen LogP contribution is 2.29. The molecule has 1 heterocycles. The van der Waals surface area contributed by atoms with Gasteiger partial charge in [0.2, 0.25) is 0 Å². The van der Waals surface area contributed by atoms with E-state index in [9.17, 15) is 9.18 Å². The molecule has 104 valence electrons. The Hall–Kier alpha value is -2.34.